The van der Waals surface area contributed by atoms with Crippen LogP contribution in [0.5, 0.6) is 0 Å². The molecule has 0 spiro atoms. The van der Waals surface area contributed by atoms with Crippen molar-refractivity contribution in [3.05, 3.63) is 35.1 Å². The second kappa shape index (κ2) is 5.40. The number of halogens is 1. The van der Waals surface area contributed by atoms with E-state index in [-0.39, 0.29) is 11.4 Å². The van der Waals surface area contributed by atoms with Crippen LogP contribution in [-0.4, -0.2) is 5.54 Å². The van der Waals surface area contributed by atoms with E-state index in [1.807, 2.05) is 13.0 Å². The van der Waals surface area contributed by atoms with Crippen LogP contribution in [0.1, 0.15) is 50.2 Å². The van der Waals surface area contributed by atoms with E-state index in [2.05, 4.69) is 6.92 Å². The summed E-state index contributed by atoms with van der Waals surface area (Å²) < 4.78 is 13.4. The van der Waals surface area contributed by atoms with Crippen LogP contribution in [0.25, 0.3) is 0 Å². The van der Waals surface area contributed by atoms with Crippen LogP contribution in [0.4, 0.5) is 4.39 Å². The van der Waals surface area contributed by atoms with Gasteiger partial charge in [-0.25, -0.2) is 4.39 Å². The third-order valence-corrected chi connectivity index (χ3v) is 4.58. The lowest BCUT2D eigenvalue weighted by Gasteiger charge is -2.41. The molecule has 0 saturated heterocycles. The van der Waals surface area contributed by atoms with Crippen LogP contribution in [0.15, 0.2) is 18.2 Å². The fraction of sp³-hybridized carbons (Fsp3) is 0.625. The van der Waals surface area contributed by atoms with Crippen LogP contribution in [-0.2, 0) is 6.42 Å². The van der Waals surface area contributed by atoms with Crippen LogP contribution in [0.3, 0.4) is 0 Å². The van der Waals surface area contributed by atoms with Gasteiger partial charge in [0.25, 0.3) is 0 Å². The molecule has 2 atom stereocenters. The minimum atomic E-state index is -0.150. The summed E-state index contributed by atoms with van der Waals surface area (Å²) in [4.78, 5) is 0. The second-order valence-corrected chi connectivity index (χ2v) is 5.83. The molecule has 1 aliphatic carbocycles. The quantitative estimate of drug-likeness (QED) is 0.861. The molecular formula is C16H24FN. The monoisotopic (exact) mass is 249 g/mol. The Balaban J connectivity index is 2.22. The molecule has 1 fully saturated rings. The Morgan fingerprint density at radius 1 is 1.39 bits per heavy atom. The third-order valence-electron chi connectivity index (χ3n) is 4.58. The molecule has 0 radical (unpaired) electrons. The summed E-state index contributed by atoms with van der Waals surface area (Å²) in [6.45, 7) is 4.26. The molecule has 0 amide bonds. The topological polar surface area (TPSA) is 26.0 Å². The van der Waals surface area contributed by atoms with Gasteiger partial charge in [0.1, 0.15) is 5.82 Å². The normalized spacial score (nSPS) is 28.3. The fourth-order valence-electron chi connectivity index (χ4n) is 3.36. The number of benzene rings is 1. The molecule has 0 heterocycles. The van der Waals surface area contributed by atoms with Crippen molar-refractivity contribution in [2.24, 2.45) is 11.7 Å². The lowest BCUT2D eigenvalue weighted by molar-refractivity contribution is 0.182. The number of hydrogen-bond donors (Lipinski definition) is 1. The Hall–Kier alpha value is -0.890. The van der Waals surface area contributed by atoms with E-state index in [1.54, 1.807) is 6.07 Å². The van der Waals surface area contributed by atoms with E-state index in [1.165, 1.54) is 25.3 Å². The maximum absolute atomic E-state index is 13.4. The van der Waals surface area contributed by atoms with Gasteiger partial charge in [0.05, 0.1) is 0 Å². The molecule has 1 nitrogen and oxygen atoms in total. The minimum absolute atomic E-state index is 0.133. The van der Waals surface area contributed by atoms with E-state index < -0.39 is 0 Å². The summed E-state index contributed by atoms with van der Waals surface area (Å²) in [6.07, 6.45) is 6.74. The highest BCUT2D eigenvalue weighted by Gasteiger charge is 2.36. The molecule has 2 heteroatoms. The molecule has 1 aromatic carbocycles. The molecule has 100 valence electrons. The largest absolute Gasteiger partial charge is 0.325 e. The maximum Gasteiger partial charge on any atom is 0.123 e. The van der Waals surface area contributed by atoms with Crippen LogP contribution in [0, 0.1) is 18.7 Å². The fourth-order valence-corrected chi connectivity index (χ4v) is 3.36. The van der Waals surface area contributed by atoms with Crippen molar-refractivity contribution in [1.82, 2.24) is 0 Å². The highest BCUT2D eigenvalue weighted by atomic mass is 19.1. The highest BCUT2D eigenvalue weighted by molar-refractivity contribution is 5.28. The lowest BCUT2D eigenvalue weighted by atomic mass is 9.69. The van der Waals surface area contributed by atoms with Crippen molar-refractivity contribution >= 4 is 0 Å². The molecule has 1 aliphatic rings. The smallest absolute Gasteiger partial charge is 0.123 e. The van der Waals surface area contributed by atoms with Gasteiger partial charge in [0.15, 0.2) is 0 Å². The number of nitrogens with two attached hydrogens (primary N) is 1. The summed E-state index contributed by atoms with van der Waals surface area (Å²) >= 11 is 0. The van der Waals surface area contributed by atoms with Gasteiger partial charge in [-0.3, -0.25) is 0 Å². The van der Waals surface area contributed by atoms with Gasteiger partial charge in [-0.1, -0.05) is 32.3 Å². The molecule has 2 N–H and O–H groups in total. The van der Waals surface area contributed by atoms with Crippen molar-refractivity contribution in [1.29, 1.82) is 0 Å². The predicted molar refractivity (Wildman–Crippen MR) is 74.0 cm³/mol. The first-order valence-electron chi connectivity index (χ1n) is 7.09. The standard InChI is InChI=1S/C16H24FN/c1-3-14-6-4-5-9-16(14,18)11-13-10-15(17)8-7-12(13)2/h7-8,10,14H,3-6,9,11,18H2,1-2H3. The molecule has 1 saturated carbocycles. The first kappa shape index (κ1) is 13.5. The molecule has 0 bridgehead atoms. The summed E-state index contributed by atoms with van der Waals surface area (Å²) in [5.74, 6) is 0.428. The minimum Gasteiger partial charge on any atom is -0.325 e. The van der Waals surface area contributed by atoms with Crippen LogP contribution in [0.2, 0.25) is 0 Å². The summed E-state index contributed by atoms with van der Waals surface area (Å²) in [6, 6.07) is 5.04. The molecule has 0 aliphatic heterocycles. The first-order valence-corrected chi connectivity index (χ1v) is 7.09. The van der Waals surface area contributed by atoms with Gasteiger partial charge in [-0.05, 0) is 55.4 Å². The zero-order valence-corrected chi connectivity index (χ0v) is 11.5. The van der Waals surface area contributed by atoms with Gasteiger partial charge in [0, 0.05) is 5.54 Å². The Morgan fingerprint density at radius 3 is 2.89 bits per heavy atom. The van der Waals surface area contributed by atoms with Crippen molar-refractivity contribution in [2.45, 2.75) is 57.9 Å². The molecule has 1 aromatic rings. The van der Waals surface area contributed by atoms with E-state index in [0.29, 0.717) is 5.92 Å². The Morgan fingerprint density at radius 2 is 2.17 bits per heavy atom. The third kappa shape index (κ3) is 2.74. The van der Waals surface area contributed by atoms with Crippen LogP contribution >= 0.6 is 0 Å². The molecular weight excluding hydrogens is 225 g/mol. The second-order valence-electron chi connectivity index (χ2n) is 5.83. The zero-order chi connectivity index (χ0) is 13.2. The van der Waals surface area contributed by atoms with Gasteiger partial charge >= 0.3 is 0 Å². The lowest BCUT2D eigenvalue weighted by Crippen LogP contribution is -2.51. The van der Waals surface area contributed by atoms with E-state index in [0.717, 1.165) is 30.4 Å². The predicted octanol–water partition coefficient (Wildman–Crippen LogP) is 3.97. The van der Waals surface area contributed by atoms with Crippen molar-refractivity contribution < 1.29 is 4.39 Å². The van der Waals surface area contributed by atoms with E-state index in [9.17, 15) is 4.39 Å². The van der Waals surface area contributed by atoms with Crippen molar-refractivity contribution in [3.8, 4) is 0 Å². The van der Waals surface area contributed by atoms with Gasteiger partial charge < -0.3 is 5.73 Å². The summed E-state index contributed by atoms with van der Waals surface area (Å²) in [5, 5.41) is 0. The Kier molecular flexibility index (Phi) is 4.06. The SMILES string of the molecule is CCC1CCCCC1(N)Cc1cc(F)ccc1C. The Bertz CT molecular complexity index is 416. The first-order chi connectivity index (χ1) is 8.55. The molecule has 2 unspecified atom stereocenters. The highest BCUT2D eigenvalue weighted by Crippen LogP contribution is 2.36. The average molecular weight is 249 g/mol. The van der Waals surface area contributed by atoms with Crippen molar-refractivity contribution in [2.75, 3.05) is 0 Å². The molecule has 18 heavy (non-hydrogen) atoms. The summed E-state index contributed by atoms with van der Waals surface area (Å²) in [7, 11) is 0. The van der Waals surface area contributed by atoms with Crippen LogP contribution < -0.4 is 5.73 Å². The van der Waals surface area contributed by atoms with E-state index in [4.69, 9.17) is 5.73 Å². The molecule has 0 aromatic heterocycles. The van der Waals surface area contributed by atoms with Gasteiger partial charge in [-0.15, -0.1) is 0 Å². The number of hydrogen-bond acceptors (Lipinski definition) is 1. The van der Waals surface area contributed by atoms with Crippen molar-refractivity contribution in [3.63, 3.8) is 0 Å². The average Bonchev–Trinajstić information content (AvgIpc) is 2.34. The van der Waals surface area contributed by atoms with E-state index >= 15 is 0 Å². The maximum atomic E-state index is 13.4. The number of aryl methyl sites for hydroxylation is 1. The molecule has 2 rings (SSSR count). The zero-order valence-electron chi connectivity index (χ0n) is 11.5. The Labute approximate surface area is 110 Å². The van der Waals surface area contributed by atoms with Gasteiger partial charge in [0.2, 0.25) is 0 Å². The number of rotatable bonds is 3. The summed E-state index contributed by atoms with van der Waals surface area (Å²) in [5.41, 5.74) is 8.74. The van der Waals surface area contributed by atoms with Gasteiger partial charge in [-0.2, -0.15) is 0 Å².